The summed E-state index contributed by atoms with van der Waals surface area (Å²) in [6, 6.07) is 6.93. The molecule has 27 heavy (non-hydrogen) atoms. The number of primary sulfonamides is 1. The molecular weight excluding hydrogens is 368 g/mol. The number of hydrogen-bond donors (Lipinski definition) is 2. The van der Waals surface area contributed by atoms with E-state index in [1.54, 1.807) is 32.2 Å². The number of nitrogens with two attached hydrogens (primary N) is 1. The lowest BCUT2D eigenvalue weighted by atomic mass is 10.1. The van der Waals surface area contributed by atoms with E-state index in [2.05, 4.69) is 10.1 Å². The fraction of sp³-hybridized carbons (Fsp3) is 0.222. The van der Waals surface area contributed by atoms with Gasteiger partial charge in [-0.3, -0.25) is 14.9 Å². The van der Waals surface area contributed by atoms with E-state index < -0.39 is 10.0 Å². The number of aromatic amines is 1. The molecule has 2 aromatic rings. The molecule has 0 amide bonds. The van der Waals surface area contributed by atoms with Gasteiger partial charge in [0.15, 0.2) is 0 Å². The fourth-order valence-electron chi connectivity index (χ4n) is 2.83. The fourth-order valence-corrected chi connectivity index (χ4v) is 3.43. The van der Waals surface area contributed by atoms with Crippen molar-refractivity contribution in [2.24, 2.45) is 10.1 Å². The van der Waals surface area contributed by atoms with Crippen LogP contribution in [0.2, 0.25) is 0 Å². The van der Waals surface area contributed by atoms with Crippen LogP contribution in [0.15, 0.2) is 57.2 Å². The molecule has 8 nitrogen and oxygen atoms in total. The highest BCUT2D eigenvalue weighted by atomic mass is 32.2. The number of allylic oxidation sites excluding steroid dienone is 3. The summed E-state index contributed by atoms with van der Waals surface area (Å²) < 4.78 is 29.5. The van der Waals surface area contributed by atoms with Gasteiger partial charge in [-0.15, -0.1) is 0 Å². The van der Waals surface area contributed by atoms with Crippen molar-refractivity contribution in [2.45, 2.75) is 19.4 Å². The zero-order valence-electron chi connectivity index (χ0n) is 14.9. The molecule has 3 rings (SSSR count). The Morgan fingerprint density at radius 3 is 2.74 bits per heavy atom. The van der Waals surface area contributed by atoms with Gasteiger partial charge in [0.25, 0.3) is 5.56 Å². The van der Waals surface area contributed by atoms with Crippen LogP contribution < -0.4 is 15.4 Å². The van der Waals surface area contributed by atoms with Gasteiger partial charge in [0.05, 0.1) is 23.6 Å². The Balaban J connectivity index is 1.89. The Kier molecular flexibility index (Phi) is 5.15. The normalized spacial score (nSPS) is 17.3. The van der Waals surface area contributed by atoms with Gasteiger partial charge in [-0.2, -0.15) is 0 Å². The van der Waals surface area contributed by atoms with E-state index in [1.807, 2.05) is 12.1 Å². The minimum absolute atomic E-state index is 0.0491. The molecule has 0 spiro atoms. The zero-order valence-corrected chi connectivity index (χ0v) is 15.7. The number of sulfonamides is 1. The molecule has 1 atom stereocenters. The summed E-state index contributed by atoms with van der Waals surface area (Å²) in [5.74, 6) is 0.609. The molecule has 0 saturated carbocycles. The van der Waals surface area contributed by atoms with Crippen LogP contribution in [0.25, 0.3) is 0 Å². The van der Waals surface area contributed by atoms with Gasteiger partial charge in [-0.25, -0.2) is 18.2 Å². The first kappa shape index (κ1) is 18.9. The molecule has 1 aromatic carbocycles. The number of rotatable bonds is 5. The number of nitrogens with zero attached hydrogens (tertiary/aromatic N) is 2. The number of benzene rings is 1. The van der Waals surface area contributed by atoms with E-state index in [0.717, 1.165) is 0 Å². The predicted octanol–water partition coefficient (Wildman–Crippen LogP) is 1.92. The SMILES string of the molecule is COc1ccccc1N=Cc1c(C)[nH]n(C2C=CC(S(N)(=O)=O)=CC2)c1=O. The maximum Gasteiger partial charge on any atom is 0.276 e. The summed E-state index contributed by atoms with van der Waals surface area (Å²) in [6.07, 6.45) is 6.39. The summed E-state index contributed by atoms with van der Waals surface area (Å²) in [5.41, 5.74) is 1.46. The largest absolute Gasteiger partial charge is 0.494 e. The lowest BCUT2D eigenvalue weighted by Crippen LogP contribution is -2.24. The van der Waals surface area contributed by atoms with Crippen molar-refractivity contribution in [3.8, 4) is 5.75 Å². The summed E-state index contributed by atoms with van der Waals surface area (Å²) in [7, 11) is -2.19. The molecule has 142 valence electrons. The molecule has 1 heterocycles. The van der Waals surface area contributed by atoms with Crippen molar-refractivity contribution in [2.75, 3.05) is 7.11 Å². The van der Waals surface area contributed by atoms with Gasteiger partial charge in [0.1, 0.15) is 11.4 Å². The number of aromatic nitrogens is 2. The lowest BCUT2D eigenvalue weighted by molar-refractivity contribution is 0.416. The van der Waals surface area contributed by atoms with Crippen LogP contribution in [0, 0.1) is 6.92 Å². The number of aryl methyl sites for hydroxylation is 1. The lowest BCUT2D eigenvalue weighted by Gasteiger charge is -2.16. The summed E-state index contributed by atoms with van der Waals surface area (Å²) in [4.78, 5) is 17.2. The highest BCUT2D eigenvalue weighted by molar-refractivity contribution is 7.93. The summed E-state index contributed by atoms with van der Waals surface area (Å²) in [6.45, 7) is 1.78. The minimum atomic E-state index is -3.75. The zero-order chi connectivity index (χ0) is 19.6. The van der Waals surface area contributed by atoms with Gasteiger partial charge in [-0.1, -0.05) is 24.3 Å². The number of methoxy groups -OCH3 is 1. The van der Waals surface area contributed by atoms with Crippen LogP contribution in [-0.4, -0.2) is 31.5 Å². The number of para-hydroxylation sites is 2. The first-order valence-corrected chi connectivity index (χ1v) is 9.75. The third kappa shape index (κ3) is 3.93. The third-order valence-electron chi connectivity index (χ3n) is 4.26. The van der Waals surface area contributed by atoms with Crippen molar-refractivity contribution in [3.05, 3.63) is 69.0 Å². The van der Waals surface area contributed by atoms with E-state index >= 15 is 0 Å². The summed E-state index contributed by atoms with van der Waals surface area (Å²) >= 11 is 0. The number of ether oxygens (including phenoxy) is 1. The van der Waals surface area contributed by atoms with Crippen LogP contribution in [-0.2, 0) is 10.0 Å². The third-order valence-corrected chi connectivity index (χ3v) is 5.22. The Bertz CT molecular complexity index is 1110. The first-order chi connectivity index (χ1) is 12.8. The van der Waals surface area contributed by atoms with Gasteiger partial charge in [-0.05, 0) is 31.6 Å². The summed E-state index contributed by atoms with van der Waals surface area (Å²) in [5, 5.41) is 8.14. The quantitative estimate of drug-likeness (QED) is 0.760. The molecule has 1 aliphatic carbocycles. The van der Waals surface area contributed by atoms with Crippen LogP contribution in [0.5, 0.6) is 5.75 Å². The number of hydrogen-bond acceptors (Lipinski definition) is 5. The molecule has 9 heteroatoms. The van der Waals surface area contributed by atoms with Crippen molar-refractivity contribution < 1.29 is 13.2 Å². The van der Waals surface area contributed by atoms with E-state index in [4.69, 9.17) is 9.88 Å². The molecule has 1 unspecified atom stereocenters. The average molecular weight is 388 g/mol. The standard InChI is InChI=1S/C18H20N4O4S/c1-12-15(11-20-16-5-3-4-6-17(16)26-2)18(23)22(21-12)13-7-9-14(10-8-13)27(19,24)25/h3-7,9-11,13,21H,8H2,1-2H3,(H2,19,24,25). The second kappa shape index (κ2) is 7.37. The monoisotopic (exact) mass is 388 g/mol. The van der Waals surface area contributed by atoms with E-state index in [9.17, 15) is 13.2 Å². The molecule has 3 N–H and O–H groups in total. The second-order valence-electron chi connectivity index (χ2n) is 6.07. The molecule has 0 saturated heterocycles. The maximum absolute atomic E-state index is 12.8. The van der Waals surface area contributed by atoms with E-state index in [1.165, 1.54) is 23.0 Å². The van der Waals surface area contributed by atoms with E-state index in [-0.39, 0.29) is 16.5 Å². The van der Waals surface area contributed by atoms with Crippen molar-refractivity contribution >= 4 is 21.9 Å². The molecule has 0 aliphatic heterocycles. The van der Waals surface area contributed by atoms with Crippen LogP contribution in [0.3, 0.4) is 0 Å². The smallest absolute Gasteiger partial charge is 0.276 e. The van der Waals surface area contributed by atoms with Crippen LogP contribution >= 0.6 is 0 Å². The van der Waals surface area contributed by atoms with E-state index in [0.29, 0.717) is 29.1 Å². The number of aliphatic imine (C=N–C) groups is 1. The Labute approximate surface area is 156 Å². The van der Waals surface area contributed by atoms with Gasteiger partial charge in [0, 0.05) is 11.9 Å². The highest BCUT2D eigenvalue weighted by Crippen LogP contribution is 2.26. The Morgan fingerprint density at radius 1 is 1.37 bits per heavy atom. The van der Waals surface area contributed by atoms with Gasteiger partial charge >= 0.3 is 0 Å². The number of H-pyrrole nitrogens is 1. The molecule has 1 aliphatic rings. The molecule has 0 bridgehead atoms. The van der Waals surface area contributed by atoms with Gasteiger partial charge < -0.3 is 4.74 Å². The molecule has 0 fully saturated rings. The number of nitrogens with one attached hydrogen (secondary N) is 1. The average Bonchev–Trinajstić information content (AvgIpc) is 2.93. The van der Waals surface area contributed by atoms with Crippen molar-refractivity contribution in [1.29, 1.82) is 0 Å². The van der Waals surface area contributed by atoms with Crippen molar-refractivity contribution in [3.63, 3.8) is 0 Å². The first-order valence-electron chi connectivity index (χ1n) is 8.20. The molecule has 0 radical (unpaired) electrons. The highest BCUT2D eigenvalue weighted by Gasteiger charge is 2.20. The van der Waals surface area contributed by atoms with Crippen LogP contribution in [0.4, 0.5) is 5.69 Å². The molecule has 1 aromatic heterocycles. The minimum Gasteiger partial charge on any atom is -0.494 e. The Morgan fingerprint density at radius 2 is 2.11 bits per heavy atom. The van der Waals surface area contributed by atoms with Gasteiger partial charge in [0.2, 0.25) is 10.0 Å². The Hall–Kier alpha value is -2.91. The van der Waals surface area contributed by atoms with Crippen LogP contribution in [0.1, 0.15) is 23.7 Å². The predicted molar refractivity (Wildman–Crippen MR) is 104 cm³/mol. The second-order valence-corrected chi connectivity index (χ2v) is 7.63. The topological polar surface area (TPSA) is 120 Å². The molecular formula is C18H20N4O4S. The maximum atomic E-state index is 12.8. The van der Waals surface area contributed by atoms with Crippen molar-refractivity contribution in [1.82, 2.24) is 9.78 Å².